The largest absolute Gasteiger partial charge is 0.461 e. The molecule has 2 aromatic rings. The molecule has 2 aliphatic heterocycles. The third kappa shape index (κ3) is 7.45. The monoisotopic (exact) mass is 520 g/mol. The molecule has 2 unspecified atom stereocenters. The molecule has 0 radical (unpaired) electrons. The summed E-state index contributed by atoms with van der Waals surface area (Å²) in [6.07, 6.45) is 5.38. The number of ether oxygens (including phenoxy) is 6. The van der Waals surface area contributed by atoms with Crippen LogP contribution in [0.2, 0.25) is 0 Å². The molecule has 0 aromatic carbocycles. The molecule has 4 rings (SSSR count). The SMILES string of the molecule is CCOC(=O)c1cc(OC2CCCCO2)n(CCCn2nc(C(=O)OCC)cc2OC2CCCCO2)n1. The third-order valence-electron chi connectivity index (χ3n) is 5.98. The highest BCUT2D eigenvalue weighted by atomic mass is 16.7. The highest BCUT2D eigenvalue weighted by Crippen LogP contribution is 2.24. The Morgan fingerprint density at radius 1 is 0.811 bits per heavy atom. The van der Waals surface area contributed by atoms with E-state index in [1.54, 1.807) is 35.3 Å². The molecular weight excluding hydrogens is 484 g/mol. The molecule has 2 aromatic heterocycles. The van der Waals surface area contributed by atoms with Gasteiger partial charge in [-0.3, -0.25) is 0 Å². The van der Waals surface area contributed by atoms with Gasteiger partial charge in [-0.05, 0) is 46.0 Å². The van der Waals surface area contributed by atoms with E-state index >= 15 is 0 Å². The van der Waals surface area contributed by atoms with Crippen LogP contribution in [0.15, 0.2) is 12.1 Å². The second-order valence-corrected chi connectivity index (χ2v) is 8.80. The van der Waals surface area contributed by atoms with Crippen molar-refractivity contribution in [2.45, 2.75) is 84.5 Å². The first-order chi connectivity index (χ1) is 18.1. The average Bonchev–Trinajstić information content (AvgIpc) is 3.50. The van der Waals surface area contributed by atoms with E-state index in [0.29, 0.717) is 44.5 Å². The molecule has 37 heavy (non-hydrogen) atoms. The molecule has 12 heteroatoms. The molecule has 0 bridgehead atoms. The van der Waals surface area contributed by atoms with Gasteiger partial charge in [0.05, 0.1) is 26.4 Å². The number of aryl methyl sites for hydroxylation is 2. The first-order valence-electron chi connectivity index (χ1n) is 13.1. The van der Waals surface area contributed by atoms with Crippen molar-refractivity contribution >= 4 is 11.9 Å². The zero-order chi connectivity index (χ0) is 26.0. The van der Waals surface area contributed by atoms with Crippen LogP contribution in [0.25, 0.3) is 0 Å². The fourth-order valence-electron chi connectivity index (χ4n) is 4.17. The van der Waals surface area contributed by atoms with Crippen LogP contribution >= 0.6 is 0 Å². The highest BCUT2D eigenvalue weighted by molar-refractivity contribution is 5.88. The van der Waals surface area contributed by atoms with Crippen molar-refractivity contribution in [1.29, 1.82) is 0 Å². The molecule has 0 N–H and O–H groups in total. The lowest BCUT2D eigenvalue weighted by atomic mass is 10.2. The van der Waals surface area contributed by atoms with Crippen molar-refractivity contribution in [3.8, 4) is 11.8 Å². The number of nitrogens with zero attached hydrogens (tertiary/aromatic N) is 4. The molecule has 0 saturated carbocycles. The minimum absolute atomic E-state index is 0.176. The fraction of sp³-hybridized carbons (Fsp3) is 0.680. The number of hydrogen-bond donors (Lipinski definition) is 0. The van der Waals surface area contributed by atoms with Crippen molar-refractivity contribution < 1.29 is 38.0 Å². The standard InChI is InChI=1S/C25H36N4O8/c1-3-32-24(30)18-16-20(36-22-10-5-7-14-34-22)28(26-18)12-9-13-29-21(37-23-11-6-8-15-35-23)17-19(27-29)25(31)33-4-2/h16-17,22-23H,3-15H2,1-2H3. The predicted molar refractivity (Wildman–Crippen MR) is 129 cm³/mol. The minimum atomic E-state index is -0.509. The van der Waals surface area contributed by atoms with Crippen LogP contribution < -0.4 is 9.47 Å². The fourth-order valence-corrected chi connectivity index (χ4v) is 4.17. The van der Waals surface area contributed by atoms with Gasteiger partial charge in [-0.2, -0.15) is 10.2 Å². The Kier molecular flexibility index (Phi) is 9.78. The zero-order valence-electron chi connectivity index (χ0n) is 21.6. The zero-order valence-corrected chi connectivity index (χ0v) is 21.6. The Morgan fingerprint density at radius 2 is 1.27 bits per heavy atom. The maximum Gasteiger partial charge on any atom is 0.358 e. The number of carbonyl (C=O) groups is 2. The Balaban J connectivity index is 1.46. The first-order valence-corrected chi connectivity index (χ1v) is 13.1. The van der Waals surface area contributed by atoms with E-state index < -0.39 is 11.9 Å². The van der Waals surface area contributed by atoms with Crippen molar-refractivity contribution in [3.05, 3.63) is 23.5 Å². The summed E-state index contributed by atoms with van der Waals surface area (Å²) in [5.41, 5.74) is 0.352. The van der Waals surface area contributed by atoms with Gasteiger partial charge >= 0.3 is 11.9 Å². The van der Waals surface area contributed by atoms with Crippen LogP contribution in [0.5, 0.6) is 11.8 Å². The van der Waals surface area contributed by atoms with Crippen LogP contribution in [0.1, 0.15) is 79.8 Å². The van der Waals surface area contributed by atoms with Gasteiger partial charge in [-0.1, -0.05) is 0 Å². The maximum atomic E-state index is 12.3. The van der Waals surface area contributed by atoms with E-state index in [0.717, 1.165) is 38.5 Å². The molecule has 0 spiro atoms. The molecule has 0 amide bonds. The minimum Gasteiger partial charge on any atom is -0.461 e. The maximum absolute atomic E-state index is 12.3. The van der Waals surface area contributed by atoms with Gasteiger partial charge in [-0.15, -0.1) is 0 Å². The van der Waals surface area contributed by atoms with E-state index in [-0.39, 0.29) is 37.2 Å². The second-order valence-electron chi connectivity index (χ2n) is 8.80. The van der Waals surface area contributed by atoms with Gasteiger partial charge in [0, 0.05) is 38.1 Å². The average molecular weight is 521 g/mol. The van der Waals surface area contributed by atoms with Crippen LogP contribution in [-0.2, 0) is 32.0 Å². The highest BCUT2D eigenvalue weighted by Gasteiger charge is 2.23. The number of carbonyl (C=O) groups excluding carboxylic acids is 2. The quantitative estimate of drug-likeness (QED) is 0.385. The molecule has 4 heterocycles. The number of hydrogen-bond acceptors (Lipinski definition) is 10. The van der Waals surface area contributed by atoms with E-state index in [4.69, 9.17) is 28.4 Å². The molecule has 2 fully saturated rings. The Labute approximate surface area is 216 Å². The van der Waals surface area contributed by atoms with Gasteiger partial charge in [0.15, 0.2) is 11.4 Å². The lowest BCUT2D eigenvalue weighted by molar-refractivity contribution is -0.109. The summed E-state index contributed by atoms with van der Waals surface area (Å²) in [5, 5.41) is 8.81. The lowest BCUT2D eigenvalue weighted by Crippen LogP contribution is -2.26. The predicted octanol–water partition coefficient (Wildman–Crippen LogP) is 3.33. The van der Waals surface area contributed by atoms with Crippen LogP contribution in [0.4, 0.5) is 0 Å². The van der Waals surface area contributed by atoms with Crippen molar-refractivity contribution in [1.82, 2.24) is 19.6 Å². The van der Waals surface area contributed by atoms with Gasteiger partial charge in [0.1, 0.15) is 0 Å². The summed E-state index contributed by atoms with van der Waals surface area (Å²) in [6, 6.07) is 3.16. The molecule has 2 aliphatic rings. The molecule has 2 atom stereocenters. The summed E-state index contributed by atoms with van der Waals surface area (Å²) < 4.78 is 36.9. The van der Waals surface area contributed by atoms with E-state index in [9.17, 15) is 9.59 Å². The van der Waals surface area contributed by atoms with Gasteiger partial charge in [0.25, 0.3) is 0 Å². The number of aromatic nitrogens is 4. The molecule has 12 nitrogen and oxygen atoms in total. The van der Waals surface area contributed by atoms with E-state index in [2.05, 4.69) is 10.2 Å². The summed E-state index contributed by atoms with van der Waals surface area (Å²) in [4.78, 5) is 24.6. The number of rotatable bonds is 12. The third-order valence-corrected chi connectivity index (χ3v) is 5.98. The smallest absolute Gasteiger partial charge is 0.358 e. The summed E-state index contributed by atoms with van der Waals surface area (Å²) in [5.74, 6) is -0.139. The Hall–Kier alpha value is -3.12. The Morgan fingerprint density at radius 3 is 1.65 bits per heavy atom. The van der Waals surface area contributed by atoms with E-state index in [1.807, 2.05) is 0 Å². The van der Waals surface area contributed by atoms with Gasteiger partial charge in [-0.25, -0.2) is 19.0 Å². The normalized spacial score (nSPS) is 19.8. The van der Waals surface area contributed by atoms with Crippen molar-refractivity contribution in [3.63, 3.8) is 0 Å². The summed E-state index contributed by atoms with van der Waals surface area (Å²) >= 11 is 0. The topological polar surface area (TPSA) is 125 Å². The van der Waals surface area contributed by atoms with Crippen LogP contribution in [0, 0.1) is 0 Å². The van der Waals surface area contributed by atoms with Gasteiger partial charge in [0.2, 0.25) is 24.3 Å². The number of esters is 2. The summed E-state index contributed by atoms with van der Waals surface area (Å²) in [7, 11) is 0. The summed E-state index contributed by atoms with van der Waals surface area (Å²) in [6.45, 7) is 6.12. The van der Waals surface area contributed by atoms with Gasteiger partial charge < -0.3 is 28.4 Å². The second kappa shape index (κ2) is 13.4. The van der Waals surface area contributed by atoms with E-state index in [1.165, 1.54) is 0 Å². The van der Waals surface area contributed by atoms with Crippen molar-refractivity contribution in [2.75, 3.05) is 26.4 Å². The first kappa shape index (κ1) is 26.9. The molecular formula is C25H36N4O8. The molecule has 0 aliphatic carbocycles. The van der Waals surface area contributed by atoms with Crippen LogP contribution in [0.3, 0.4) is 0 Å². The van der Waals surface area contributed by atoms with Crippen molar-refractivity contribution in [2.24, 2.45) is 0 Å². The molecule has 204 valence electrons. The Bertz CT molecular complexity index is 944. The van der Waals surface area contributed by atoms with Crippen LogP contribution in [-0.4, -0.2) is 70.5 Å². The lowest BCUT2D eigenvalue weighted by Gasteiger charge is -2.24. The molecule has 2 saturated heterocycles.